The lowest BCUT2D eigenvalue weighted by atomic mass is 10.0. The Labute approximate surface area is 166 Å². The van der Waals surface area contributed by atoms with E-state index in [2.05, 4.69) is 15.5 Å². The summed E-state index contributed by atoms with van der Waals surface area (Å²) in [4.78, 5) is 29.7. The van der Waals surface area contributed by atoms with Gasteiger partial charge in [0.05, 0.1) is 10.9 Å². The van der Waals surface area contributed by atoms with Crippen LogP contribution in [0.3, 0.4) is 0 Å². The molecule has 0 unspecified atom stereocenters. The third-order valence-electron chi connectivity index (χ3n) is 4.62. The monoisotopic (exact) mass is 389 g/mol. The number of para-hydroxylation sites is 1. The van der Waals surface area contributed by atoms with Crippen molar-refractivity contribution in [2.75, 3.05) is 6.54 Å². The van der Waals surface area contributed by atoms with Crippen LogP contribution in [0.1, 0.15) is 27.6 Å². The Morgan fingerprint density at radius 1 is 1.07 bits per heavy atom. The normalized spacial score (nSPS) is 11.0. The molecule has 0 saturated carbocycles. The second-order valence-electron chi connectivity index (χ2n) is 6.67. The number of carbonyl (C=O) groups is 1. The van der Waals surface area contributed by atoms with E-state index in [0.29, 0.717) is 47.0 Å². The van der Waals surface area contributed by atoms with Crippen LogP contribution >= 0.6 is 0 Å². The Bertz CT molecular complexity index is 1240. The smallest absolute Gasteiger partial charge is 0.255 e. The lowest BCUT2D eigenvalue weighted by molar-refractivity contribution is 0.0954. The van der Waals surface area contributed by atoms with Crippen LogP contribution in [0, 0.1) is 13.8 Å². The fraction of sp³-hybridized carbons (Fsp3) is 0.182. The van der Waals surface area contributed by atoms with Crippen molar-refractivity contribution in [2.45, 2.75) is 20.3 Å². The number of nitrogens with one attached hydrogen (secondary N) is 1. The Balaban J connectivity index is 1.68. The molecular formula is C22H19N3O4. The maximum atomic E-state index is 12.9. The predicted octanol–water partition coefficient (Wildman–Crippen LogP) is 3.43. The zero-order valence-corrected chi connectivity index (χ0v) is 16.1. The van der Waals surface area contributed by atoms with Gasteiger partial charge in [-0.25, -0.2) is 0 Å². The van der Waals surface area contributed by atoms with E-state index in [4.69, 9.17) is 8.94 Å². The molecule has 2 aromatic heterocycles. The SMILES string of the molecule is Cc1noc(CCNC(=O)c2cccc3c(=O)c(C)c(-c4ccccc4)oc23)n1. The van der Waals surface area contributed by atoms with Gasteiger partial charge in [0.1, 0.15) is 5.76 Å². The topological polar surface area (TPSA) is 98.2 Å². The highest BCUT2D eigenvalue weighted by Gasteiger charge is 2.18. The number of aryl methyl sites for hydroxylation is 1. The molecule has 0 aliphatic carbocycles. The molecule has 0 atom stereocenters. The molecule has 2 aromatic carbocycles. The van der Waals surface area contributed by atoms with Gasteiger partial charge >= 0.3 is 0 Å². The quantitative estimate of drug-likeness (QED) is 0.561. The molecule has 1 N–H and O–H groups in total. The van der Waals surface area contributed by atoms with Crippen molar-refractivity contribution in [1.82, 2.24) is 15.5 Å². The molecule has 0 bridgehead atoms. The Kier molecular flexibility index (Phi) is 4.95. The van der Waals surface area contributed by atoms with Crippen molar-refractivity contribution < 1.29 is 13.7 Å². The molecule has 7 heteroatoms. The zero-order valence-electron chi connectivity index (χ0n) is 16.1. The molecule has 1 amide bonds. The van der Waals surface area contributed by atoms with Gasteiger partial charge in [-0.15, -0.1) is 0 Å². The summed E-state index contributed by atoms with van der Waals surface area (Å²) in [5.41, 5.74) is 1.71. The Morgan fingerprint density at radius 2 is 1.86 bits per heavy atom. The number of hydrogen-bond acceptors (Lipinski definition) is 6. The van der Waals surface area contributed by atoms with E-state index >= 15 is 0 Å². The summed E-state index contributed by atoms with van der Waals surface area (Å²) in [6.45, 7) is 3.78. The van der Waals surface area contributed by atoms with Crippen LogP contribution in [-0.2, 0) is 6.42 Å². The van der Waals surface area contributed by atoms with E-state index in [-0.39, 0.29) is 16.9 Å². The van der Waals surface area contributed by atoms with E-state index in [0.717, 1.165) is 5.56 Å². The summed E-state index contributed by atoms with van der Waals surface area (Å²) >= 11 is 0. The second kappa shape index (κ2) is 7.71. The standard InChI is InChI=1S/C22H19N3O4/c1-13-19(26)16-9-6-10-17(21(16)28-20(13)15-7-4-3-5-8-15)22(27)23-12-11-18-24-14(2)25-29-18/h3-10H,11-12H2,1-2H3,(H,23,27). The average Bonchev–Trinajstić information content (AvgIpc) is 3.15. The number of aromatic nitrogens is 2. The molecule has 0 radical (unpaired) electrons. The first-order chi connectivity index (χ1) is 14.0. The van der Waals surface area contributed by atoms with Gasteiger partial charge in [-0.1, -0.05) is 41.6 Å². The summed E-state index contributed by atoms with van der Waals surface area (Å²) in [6.07, 6.45) is 0.412. The number of carbonyl (C=O) groups excluding carboxylic acids is 1. The summed E-state index contributed by atoms with van der Waals surface area (Å²) in [5.74, 6) is 1.13. The van der Waals surface area contributed by atoms with Gasteiger partial charge < -0.3 is 14.3 Å². The Morgan fingerprint density at radius 3 is 2.59 bits per heavy atom. The van der Waals surface area contributed by atoms with Gasteiger partial charge in [0, 0.05) is 24.1 Å². The Hall–Kier alpha value is -3.74. The van der Waals surface area contributed by atoms with Crippen LogP contribution in [0.2, 0.25) is 0 Å². The lowest BCUT2D eigenvalue weighted by Gasteiger charge is -2.10. The highest BCUT2D eigenvalue weighted by molar-refractivity contribution is 6.05. The number of benzene rings is 2. The van der Waals surface area contributed by atoms with Crippen LogP contribution in [0.25, 0.3) is 22.3 Å². The van der Waals surface area contributed by atoms with Gasteiger partial charge in [-0.2, -0.15) is 4.98 Å². The van der Waals surface area contributed by atoms with E-state index in [9.17, 15) is 9.59 Å². The third kappa shape index (κ3) is 3.67. The van der Waals surface area contributed by atoms with Crippen LogP contribution in [-0.4, -0.2) is 22.6 Å². The molecule has 4 aromatic rings. The first-order valence-corrected chi connectivity index (χ1v) is 9.24. The van der Waals surface area contributed by atoms with Crippen molar-refractivity contribution in [3.05, 3.63) is 81.6 Å². The van der Waals surface area contributed by atoms with Crippen molar-refractivity contribution in [3.8, 4) is 11.3 Å². The van der Waals surface area contributed by atoms with E-state index in [1.165, 1.54) is 0 Å². The minimum Gasteiger partial charge on any atom is -0.455 e. The summed E-state index contributed by atoms with van der Waals surface area (Å²) in [6, 6.07) is 14.4. The molecule has 2 heterocycles. The lowest BCUT2D eigenvalue weighted by Crippen LogP contribution is -2.26. The molecule has 29 heavy (non-hydrogen) atoms. The molecule has 4 rings (SSSR count). The number of fused-ring (bicyclic) bond motifs is 1. The average molecular weight is 389 g/mol. The van der Waals surface area contributed by atoms with Gasteiger partial charge in [-0.3, -0.25) is 9.59 Å². The second-order valence-corrected chi connectivity index (χ2v) is 6.67. The summed E-state index contributed by atoms with van der Waals surface area (Å²) in [7, 11) is 0. The van der Waals surface area contributed by atoms with Gasteiger partial charge in [0.15, 0.2) is 16.8 Å². The number of rotatable bonds is 5. The molecule has 0 spiro atoms. The van der Waals surface area contributed by atoms with Crippen LogP contribution in [0.15, 0.2) is 62.3 Å². The molecular weight excluding hydrogens is 370 g/mol. The fourth-order valence-electron chi connectivity index (χ4n) is 3.17. The minimum absolute atomic E-state index is 0.152. The number of amides is 1. The molecule has 146 valence electrons. The third-order valence-corrected chi connectivity index (χ3v) is 4.62. The molecule has 0 aliphatic heterocycles. The van der Waals surface area contributed by atoms with Crippen LogP contribution < -0.4 is 10.7 Å². The highest BCUT2D eigenvalue weighted by atomic mass is 16.5. The highest BCUT2D eigenvalue weighted by Crippen LogP contribution is 2.27. The van der Waals surface area contributed by atoms with Crippen LogP contribution in [0.5, 0.6) is 0 Å². The largest absolute Gasteiger partial charge is 0.455 e. The predicted molar refractivity (Wildman–Crippen MR) is 108 cm³/mol. The van der Waals surface area contributed by atoms with Crippen molar-refractivity contribution in [3.63, 3.8) is 0 Å². The minimum atomic E-state index is -0.335. The summed E-state index contributed by atoms with van der Waals surface area (Å²) in [5, 5.41) is 6.91. The maximum Gasteiger partial charge on any atom is 0.255 e. The van der Waals surface area contributed by atoms with E-state index in [1.807, 2.05) is 30.3 Å². The first-order valence-electron chi connectivity index (χ1n) is 9.24. The van der Waals surface area contributed by atoms with Gasteiger partial charge in [-0.05, 0) is 26.0 Å². The summed E-state index contributed by atoms with van der Waals surface area (Å²) < 4.78 is 11.1. The fourth-order valence-corrected chi connectivity index (χ4v) is 3.17. The number of hydrogen-bond donors (Lipinski definition) is 1. The molecule has 7 nitrogen and oxygen atoms in total. The first kappa shape index (κ1) is 18.6. The number of nitrogens with zero attached hydrogens (tertiary/aromatic N) is 2. The van der Waals surface area contributed by atoms with Crippen molar-refractivity contribution in [1.29, 1.82) is 0 Å². The van der Waals surface area contributed by atoms with Gasteiger partial charge in [0.25, 0.3) is 5.91 Å². The van der Waals surface area contributed by atoms with Crippen LogP contribution in [0.4, 0.5) is 0 Å². The van der Waals surface area contributed by atoms with Crippen molar-refractivity contribution >= 4 is 16.9 Å². The maximum absolute atomic E-state index is 12.9. The molecule has 0 fully saturated rings. The van der Waals surface area contributed by atoms with Crippen molar-refractivity contribution in [2.24, 2.45) is 0 Å². The van der Waals surface area contributed by atoms with E-state index < -0.39 is 0 Å². The van der Waals surface area contributed by atoms with Gasteiger partial charge in [0.2, 0.25) is 5.89 Å². The zero-order chi connectivity index (χ0) is 20.4. The molecule has 0 saturated heterocycles. The van der Waals surface area contributed by atoms with E-state index in [1.54, 1.807) is 32.0 Å². The molecule has 0 aliphatic rings.